The monoisotopic (exact) mass is 360 g/mol. The molecule has 0 fully saturated rings. The number of alkyl halides is 3. The van der Waals surface area contributed by atoms with E-state index >= 15 is 0 Å². The smallest absolute Gasteiger partial charge is 0.311 e. The van der Waals surface area contributed by atoms with Crippen LogP contribution in [0.1, 0.15) is 16.8 Å². The molecule has 0 spiro atoms. The number of anilines is 1. The standard InChI is InChI=1S/C18H15F3N4O/c19-18(20,21)15-11-16(23-17(26)10-13-6-8-22-9-7-13)25(24-15)12-14-4-2-1-3-5-14/h1-9,11H,10,12H2,(H,23,26). The Morgan fingerprint density at radius 2 is 1.73 bits per heavy atom. The van der Waals surface area contributed by atoms with E-state index in [0.29, 0.717) is 5.56 Å². The van der Waals surface area contributed by atoms with Crippen molar-refractivity contribution in [2.75, 3.05) is 5.32 Å². The molecule has 1 amide bonds. The van der Waals surface area contributed by atoms with Crippen LogP contribution in [-0.2, 0) is 23.9 Å². The van der Waals surface area contributed by atoms with Crippen molar-refractivity contribution in [2.45, 2.75) is 19.1 Å². The lowest BCUT2D eigenvalue weighted by molar-refractivity contribution is -0.141. The number of aromatic nitrogens is 3. The third-order valence-electron chi connectivity index (χ3n) is 3.63. The highest BCUT2D eigenvalue weighted by Gasteiger charge is 2.35. The summed E-state index contributed by atoms with van der Waals surface area (Å²) in [5, 5.41) is 6.12. The van der Waals surface area contributed by atoms with Crippen LogP contribution in [-0.4, -0.2) is 20.7 Å². The molecule has 0 aliphatic heterocycles. The summed E-state index contributed by atoms with van der Waals surface area (Å²) in [4.78, 5) is 16.0. The summed E-state index contributed by atoms with van der Waals surface area (Å²) in [6.07, 6.45) is -1.47. The molecule has 0 bridgehead atoms. The van der Waals surface area contributed by atoms with Crippen LogP contribution in [0.4, 0.5) is 19.0 Å². The van der Waals surface area contributed by atoms with E-state index in [1.54, 1.807) is 48.8 Å². The molecule has 0 radical (unpaired) electrons. The van der Waals surface area contributed by atoms with Crippen molar-refractivity contribution in [1.29, 1.82) is 0 Å². The average molecular weight is 360 g/mol. The Labute approximate surface area is 147 Å². The van der Waals surface area contributed by atoms with Gasteiger partial charge in [-0.05, 0) is 23.3 Å². The molecular formula is C18H15F3N4O. The summed E-state index contributed by atoms with van der Waals surface area (Å²) in [7, 11) is 0. The second-order valence-electron chi connectivity index (χ2n) is 5.64. The van der Waals surface area contributed by atoms with Crippen molar-refractivity contribution in [2.24, 2.45) is 0 Å². The van der Waals surface area contributed by atoms with Crippen LogP contribution >= 0.6 is 0 Å². The molecule has 0 unspecified atom stereocenters. The minimum Gasteiger partial charge on any atom is -0.311 e. The van der Waals surface area contributed by atoms with Crippen molar-refractivity contribution in [3.05, 3.63) is 77.7 Å². The van der Waals surface area contributed by atoms with Gasteiger partial charge in [0.05, 0.1) is 13.0 Å². The highest BCUT2D eigenvalue weighted by Crippen LogP contribution is 2.30. The van der Waals surface area contributed by atoms with Crippen LogP contribution in [0, 0.1) is 0 Å². The van der Waals surface area contributed by atoms with Crippen LogP contribution in [0.15, 0.2) is 60.9 Å². The number of halogens is 3. The number of carbonyl (C=O) groups excluding carboxylic acids is 1. The Morgan fingerprint density at radius 1 is 1.04 bits per heavy atom. The van der Waals surface area contributed by atoms with Gasteiger partial charge in [0.1, 0.15) is 5.82 Å². The van der Waals surface area contributed by atoms with Crippen LogP contribution in [0.25, 0.3) is 0 Å². The Morgan fingerprint density at radius 3 is 2.38 bits per heavy atom. The summed E-state index contributed by atoms with van der Waals surface area (Å²) in [5.41, 5.74) is 0.435. The van der Waals surface area contributed by atoms with Gasteiger partial charge in [0.25, 0.3) is 0 Å². The summed E-state index contributed by atoms with van der Waals surface area (Å²) in [6, 6.07) is 13.1. The maximum atomic E-state index is 13.0. The van der Waals surface area contributed by atoms with Crippen LogP contribution in [0.2, 0.25) is 0 Å². The molecule has 1 N–H and O–H groups in total. The number of pyridine rings is 1. The van der Waals surface area contributed by atoms with Crippen molar-refractivity contribution >= 4 is 11.7 Å². The predicted octanol–water partition coefficient (Wildman–Crippen LogP) is 3.53. The van der Waals surface area contributed by atoms with Crippen molar-refractivity contribution in [1.82, 2.24) is 14.8 Å². The zero-order valence-corrected chi connectivity index (χ0v) is 13.6. The minimum atomic E-state index is -4.59. The molecule has 0 aliphatic carbocycles. The predicted molar refractivity (Wildman–Crippen MR) is 89.3 cm³/mol. The molecule has 0 aliphatic rings. The molecule has 8 heteroatoms. The average Bonchev–Trinajstić information content (AvgIpc) is 2.99. The van der Waals surface area contributed by atoms with E-state index in [2.05, 4.69) is 15.4 Å². The molecule has 5 nitrogen and oxygen atoms in total. The van der Waals surface area contributed by atoms with Gasteiger partial charge in [-0.25, -0.2) is 4.68 Å². The van der Waals surface area contributed by atoms with E-state index in [0.717, 1.165) is 16.3 Å². The first-order valence-corrected chi connectivity index (χ1v) is 7.79. The number of hydrogen-bond donors (Lipinski definition) is 1. The first kappa shape index (κ1) is 17.7. The van der Waals surface area contributed by atoms with Crippen LogP contribution in [0.5, 0.6) is 0 Å². The lowest BCUT2D eigenvalue weighted by Gasteiger charge is -2.09. The van der Waals surface area contributed by atoms with Crippen LogP contribution < -0.4 is 5.32 Å². The molecule has 0 saturated carbocycles. The van der Waals surface area contributed by atoms with Gasteiger partial charge in [-0.3, -0.25) is 9.78 Å². The number of amides is 1. The van der Waals surface area contributed by atoms with Crippen molar-refractivity contribution in [3.8, 4) is 0 Å². The van der Waals surface area contributed by atoms with Gasteiger partial charge in [0.2, 0.25) is 5.91 Å². The van der Waals surface area contributed by atoms with E-state index in [1.807, 2.05) is 6.07 Å². The molecule has 0 saturated heterocycles. The van der Waals surface area contributed by atoms with E-state index in [1.165, 1.54) is 0 Å². The van der Waals surface area contributed by atoms with Crippen molar-refractivity contribution in [3.63, 3.8) is 0 Å². The Balaban J connectivity index is 1.82. The number of nitrogens with zero attached hydrogens (tertiary/aromatic N) is 3. The third-order valence-corrected chi connectivity index (χ3v) is 3.63. The first-order chi connectivity index (χ1) is 12.4. The summed E-state index contributed by atoms with van der Waals surface area (Å²) in [5.74, 6) is -0.431. The van der Waals surface area contributed by atoms with E-state index < -0.39 is 17.8 Å². The Bertz CT molecular complexity index is 876. The molecule has 26 heavy (non-hydrogen) atoms. The lowest BCUT2D eigenvalue weighted by Crippen LogP contribution is -2.18. The highest BCUT2D eigenvalue weighted by molar-refractivity contribution is 5.91. The van der Waals surface area contributed by atoms with Gasteiger partial charge < -0.3 is 5.32 Å². The van der Waals surface area contributed by atoms with E-state index in [9.17, 15) is 18.0 Å². The van der Waals surface area contributed by atoms with Gasteiger partial charge in [0, 0.05) is 18.5 Å². The summed E-state index contributed by atoms with van der Waals surface area (Å²) >= 11 is 0. The SMILES string of the molecule is O=C(Cc1ccncc1)Nc1cc(C(F)(F)F)nn1Cc1ccccc1. The van der Waals surface area contributed by atoms with E-state index in [-0.39, 0.29) is 18.8 Å². The normalized spacial score (nSPS) is 11.3. The Kier molecular flexibility index (Phi) is 5.01. The van der Waals surface area contributed by atoms with Gasteiger partial charge in [0.15, 0.2) is 5.69 Å². The molecule has 134 valence electrons. The fraction of sp³-hybridized carbons (Fsp3) is 0.167. The van der Waals surface area contributed by atoms with Crippen LogP contribution in [0.3, 0.4) is 0 Å². The van der Waals surface area contributed by atoms with E-state index in [4.69, 9.17) is 0 Å². The van der Waals surface area contributed by atoms with Crippen molar-refractivity contribution < 1.29 is 18.0 Å². The molecule has 2 aromatic heterocycles. The zero-order valence-electron chi connectivity index (χ0n) is 13.6. The second-order valence-corrected chi connectivity index (χ2v) is 5.64. The first-order valence-electron chi connectivity index (χ1n) is 7.79. The highest BCUT2D eigenvalue weighted by atomic mass is 19.4. The molecule has 1 aromatic carbocycles. The number of rotatable bonds is 5. The lowest BCUT2D eigenvalue weighted by atomic mass is 10.2. The maximum absolute atomic E-state index is 13.0. The minimum absolute atomic E-state index is 0.000217. The van der Waals surface area contributed by atoms with Gasteiger partial charge in [-0.15, -0.1) is 0 Å². The maximum Gasteiger partial charge on any atom is 0.435 e. The third kappa shape index (κ3) is 4.47. The molecule has 3 rings (SSSR count). The van der Waals surface area contributed by atoms with Gasteiger partial charge >= 0.3 is 6.18 Å². The quantitative estimate of drug-likeness (QED) is 0.757. The fourth-order valence-corrected chi connectivity index (χ4v) is 2.41. The molecule has 2 heterocycles. The molecule has 3 aromatic rings. The molecular weight excluding hydrogens is 345 g/mol. The zero-order chi connectivity index (χ0) is 18.6. The fourth-order valence-electron chi connectivity index (χ4n) is 2.41. The van der Waals surface area contributed by atoms with Gasteiger partial charge in [-0.1, -0.05) is 30.3 Å². The number of hydrogen-bond acceptors (Lipinski definition) is 3. The largest absolute Gasteiger partial charge is 0.435 e. The summed E-state index contributed by atoms with van der Waals surface area (Å²) < 4.78 is 40.2. The molecule has 0 atom stereocenters. The number of carbonyl (C=O) groups is 1. The number of benzene rings is 1. The Hall–Kier alpha value is -3.16. The topological polar surface area (TPSA) is 59.8 Å². The van der Waals surface area contributed by atoms with Gasteiger partial charge in [-0.2, -0.15) is 18.3 Å². The number of nitrogens with one attached hydrogen (secondary N) is 1. The summed E-state index contributed by atoms with van der Waals surface area (Å²) in [6.45, 7) is 0.113. The second kappa shape index (κ2) is 7.38.